The van der Waals surface area contributed by atoms with Crippen LogP contribution >= 0.6 is 0 Å². The molecule has 0 aliphatic carbocycles. The molecule has 1 aliphatic rings. The average molecular weight is 299 g/mol. The van der Waals surface area contributed by atoms with E-state index in [1.54, 1.807) is 6.20 Å². The number of pyridine rings is 1. The molecule has 22 heavy (non-hydrogen) atoms. The van der Waals surface area contributed by atoms with Gasteiger partial charge in [-0.15, -0.1) is 0 Å². The van der Waals surface area contributed by atoms with Gasteiger partial charge in [0.1, 0.15) is 0 Å². The van der Waals surface area contributed by atoms with Gasteiger partial charge in [-0.1, -0.05) is 6.07 Å². The van der Waals surface area contributed by atoms with Gasteiger partial charge < -0.3 is 5.32 Å². The maximum Gasteiger partial charge on any atom is 0.157 e. The normalized spacial score (nSPS) is 19.7. The monoisotopic (exact) mass is 299 g/mol. The van der Waals surface area contributed by atoms with E-state index >= 15 is 0 Å². The first kappa shape index (κ1) is 15.2. The van der Waals surface area contributed by atoms with Crippen LogP contribution in [-0.4, -0.2) is 44.3 Å². The number of hydrogen-bond acceptors (Lipinski definition) is 4. The summed E-state index contributed by atoms with van der Waals surface area (Å²) in [6, 6.07) is 6.57. The Bertz CT molecular complexity index is 600. The van der Waals surface area contributed by atoms with Crippen LogP contribution in [-0.2, 0) is 6.54 Å². The molecule has 1 fully saturated rings. The molecule has 1 saturated heterocycles. The lowest BCUT2D eigenvalue weighted by Gasteiger charge is -2.31. The topological polar surface area (TPSA) is 46.0 Å². The van der Waals surface area contributed by atoms with Crippen molar-refractivity contribution in [2.75, 3.05) is 13.1 Å². The Morgan fingerprint density at radius 1 is 1.27 bits per heavy atom. The highest BCUT2D eigenvalue weighted by molar-refractivity contribution is 5.32. The summed E-state index contributed by atoms with van der Waals surface area (Å²) in [7, 11) is 0. The van der Waals surface area contributed by atoms with Crippen molar-refractivity contribution in [3.8, 4) is 5.82 Å². The van der Waals surface area contributed by atoms with Crippen LogP contribution in [0.2, 0.25) is 0 Å². The van der Waals surface area contributed by atoms with Crippen LogP contribution in [0.25, 0.3) is 5.82 Å². The molecule has 1 atom stereocenters. The van der Waals surface area contributed by atoms with E-state index in [4.69, 9.17) is 0 Å². The second kappa shape index (κ2) is 6.18. The standard InChI is InChI=1S/C17H25N5/c1-17(2,3)21-11-7-15(13-21)19-12-14-6-4-8-18-16(14)22-10-5-9-20-22/h4-6,8-10,15,19H,7,11-13H2,1-3H3. The number of hydrogen-bond donors (Lipinski definition) is 1. The summed E-state index contributed by atoms with van der Waals surface area (Å²) < 4.78 is 1.83. The molecule has 5 nitrogen and oxygen atoms in total. The molecule has 1 aliphatic heterocycles. The van der Waals surface area contributed by atoms with Gasteiger partial charge in [0.05, 0.1) is 0 Å². The molecule has 118 valence electrons. The zero-order valence-corrected chi connectivity index (χ0v) is 13.7. The first-order valence-electron chi connectivity index (χ1n) is 7.96. The van der Waals surface area contributed by atoms with E-state index in [1.807, 2.05) is 29.2 Å². The molecule has 0 radical (unpaired) electrons. The Kier molecular flexibility index (Phi) is 4.27. The van der Waals surface area contributed by atoms with Gasteiger partial charge in [0.15, 0.2) is 5.82 Å². The van der Waals surface area contributed by atoms with Crippen molar-refractivity contribution in [1.29, 1.82) is 0 Å². The van der Waals surface area contributed by atoms with Crippen LogP contribution in [0.15, 0.2) is 36.8 Å². The minimum atomic E-state index is 0.255. The van der Waals surface area contributed by atoms with Crippen LogP contribution in [0.1, 0.15) is 32.8 Å². The van der Waals surface area contributed by atoms with Crippen LogP contribution in [0.4, 0.5) is 0 Å². The van der Waals surface area contributed by atoms with Gasteiger partial charge in [0.2, 0.25) is 0 Å². The minimum absolute atomic E-state index is 0.255. The highest BCUT2D eigenvalue weighted by Gasteiger charge is 2.29. The molecule has 0 spiro atoms. The molecule has 1 N–H and O–H groups in total. The quantitative estimate of drug-likeness (QED) is 0.940. The number of aromatic nitrogens is 3. The number of nitrogens with one attached hydrogen (secondary N) is 1. The maximum atomic E-state index is 4.47. The van der Waals surface area contributed by atoms with Crippen LogP contribution in [0.3, 0.4) is 0 Å². The summed E-state index contributed by atoms with van der Waals surface area (Å²) in [4.78, 5) is 7.01. The van der Waals surface area contributed by atoms with E-state index in [-0.39, 0.29) is 5.54 Å². The van der Waals surface area contributed by atoms with E-state index in [9.17, 15) is 0 Å². The Hall–Kier alpha value is -1.72. The summed E-state index contributed by atoms with van der Waals surface area (Å²) in [5, 5.41) is 7.97. The fourth-order valence-electron chi connectivity index (χ4n) is 2.96. The first-order chi connectivity index (χ1) is 10.5. The SMILES string of the molecule is CC(C)(C)N1CCC(NCc2cccnc2-n2cccn2)C1. The fourth-order valence-corrected chi connectivity index (χ4v) is 2.96. The van der Waals surface area contributed by atoms with E-state index in [0.29, 0.717) is 6.04 Å². The van der Waals surface area contributed by atoms with Gasteiger partial charge in [-0.3, -0.25) is 4.90 Å². The molecule has 0 amide bonds. The Balaban J connectivity index is 1.64. The van der Waals surface area contributed by atoms with Crippen LogP contribution in [0, 0.1) is 0 Å². The molecule has 0 saturated carbocycles. The number of likely N-dealkylation sites (tertiary alicyclic amines) is 1. The van der Waals surface area contributed by atoms with Gasteiger partial charge in [-0.2, -0.15) is 5.10 Å². The lowest BCUT2D eigenvalue weighted by molar-refractivity contribution is 0.170. The average Bonchev–Trinajstić information content (AvgIpc) is 3.16. The van der Waals surface area contributed by atoms with Crippen molar-refractivity contribution in [2.45, 2.75) is 45.3 Å². The van der Waals surface area contributed by atoms with Gasteiger partial charge in [-0.05, 0) is 39.3 Å². The van der Waals surface area contributed by atoms with Crippen molar-refractivity contribution >= 4 is 0 Å². The highest BCUT2D eigenvalue weighted by atomic mass is 15.3. The number of rotatable bonds is 4. The summed E-state index contributed by atoms with van der Waals surface area (Å²) in [5.74, 6) is 0.908. The molecule has 5 heteroatoms. The van der Waals surface area contributed by atoms with Crippen molar-refractivity contribution in [2.24, 2.45) is 0 Å². The molecule has 2 aromatic rings. The van der Waals surface area contributed by atoms with E-state index in [0.717, 1.165) is 18.9 Å². The molecular formula is C17H25N5. The third kappa shape index (κ3) is 3.36. The van der Waals surface area contributed by atoms with Crippen molar-refractivity contribution in [1.82, 2.24) is 25.0 Å². The molecule has 3 rings (SSSR count). The summed E-state index contributed by atoms with van der Waals surface area (Å²) >= 11 is 0. The molecule has 2 aromatic heterocycles. The predicted molar refractivity (Wildman–Crippen MR) is 87.9 cm³/mol. The third-order valence-corrected chi connectivity index (χ3v) is 4.31. The summed E-state index contributed by atoms with van der Waals surface area (Å²) in [6.45, 7) is 9.96. The van der Waals surface area contributed by atoms with Crippen molar-refractivity contribution < 1.29 is 0 Å². The minimum Gasteiger partial charge on any atom is -0.308 e. The number of nitrogens with zero attached hydrogens (tertiary/aromatic N) is 4. The van der Waals surface area contributed by atoms with Crippen molar-refractivity contribution in [3.05, 3.63) is 42.4 Å². The first-order valence-corrected chi connectivity index (χ1v) is 7.96. The van der Waals surface area contributed by atoms with E-state index < -0.39 is 0 Å². The smallest absolute Gasteiger partial charge is 0.157 e. The Labute approximate surface area is 132 Å². The van der Waals surface area contributed by atoms with Gasteiger partial charge in [0, 0.05) is 55.4 Å². The zero-order valence-electron chi connectivity index (χ0n) is 13.7. The largest absolute Gasteiger partial charge is 0.308 e. The van der Waals surface area contributed by atoms with Crippen LogP contribution in [0.5, 0.6) is 0 Å². The lowest BCUT2D eigenvalue weighted by atomic mass is 10.1. The molecule has 3 heterocycles. The lowest BCUT2D eigenvalue weighted by Crippen LogP contribution is -2.41. The fraction of sp³-hybridized carbons (Fsp3) is 0.529. The highest BCUT2D eigenvalue weighted by Crippen LogP contribution is 2.21. The van der Waals surface area contributed by atoms with Gasteiger partial charge in [-0.25, -0.2) is 9.67 Å². The predicted octanol–water partition coefficient (Wildman–Crippen LogP) is 2.23. The second-order valence-electron chi connectivity index (χ2n) is 6.92. The van der Waals surface area contributed by atoms with Gasteiger partial charge in [0.25, 0.3) is 0 Å². The zero-order chi connectivity index (χ0) is 15.6. The molecule has 1 unspecified atom stereocenters. The van der Waals surface area contributed by atoms with E-state index in [2.05, 4.69) is 47.1 Å². The summed E-state index contributed by atoms with van der Waals surface area (Å²) in [5.41, 5.74) is 1.44. The van der Waals surface area contributed by atoms with Crippen molar-refractivity contribution in [3.63, 3.8) is 0 Å². The second-order valence-corrected chi connectivity index (χ2v) is 6.92. The molecule has 0 aromatic carbocycles. The third-order valence-electron chi connectivity index (χ3n) is 4.31. The van der Waals surface area contributed by atoms with Gasteiger partial charge >= 0.3 is 0 Å². The Morgan fingerprint density at radius 2 is 2.14 bits per heavy atom. The Morgan fingerprint density at radius 3 is 2.82 bits per heavy atom. The van der Waals surface area contributed by atoms with Crippen LogP contribution < -0.4 is 5.32 Å². The van der Waals surface area contributed by atoms with E-state index in [1.165, 1.54) is 18.5 Å². The summed E-state index contributed by atoms with van der Waals surface area (Å²) in [6.07, 6.45) is 6.73. The molecule has 0 bridgehead atoms. The molecular weight excluding hydrogens is 274 g/mol. The maximum absolute atomic E-state index is 4.47.